The maximum atomic E-state index is 13.5. The number of nitrogens with zero attached hydrogens (tertiary/aromatic N) is 1. The van der Waals surface area contributed by atoms with E-state index in [1.807, 2.05) is 31.3 Å². The van der Waals surface area contributed by atoms with Gasteiger partial charge in [0.1, 0.15) is 5.82 Å². The summed E-state index contributed by atoms with van der Waals surface area (Å²) in [6.45, 7) is 6.97. The van der Waals surface area contributed by atoms with Gasteiger partial charge in [-0.05, 0) is 55.6 Å². The molecule has 0 aliphatic carbocycles. The van der Waals surface area contributed by atoms with Crippen LogP contribution in [0.15, 0.2) is 36.5 Å². The standard InChI is InChI=1S/C18H23FN2/c1-4-9-20-18(12-17-13(2)6-5-10-21-17)15-7-8-16(19)14(3)11-15/h5-8,10-11,18,20H,4,9,12H2,1-3H3. The van der Waals surface area contributed by atoms with Crippen molar-refractivity contribution in [2.24, 2.45) is 0 Å². The van der Waals surface area contributed by atoms with Crippen molar-refractivity contribution in [2.45, 2.75) is 39.7 Å². The smallest absolute Gasteiger partial charge is 0.126 e. The molecule has 0 fully saturated rings. The first-order valence-electron chi connectivity index (χ1n) is 7.51. The van der Waals surface area contributed by atoms with E-state index in [4.69, 9.17) is 0 Å². The number of hydrogen-bond acceptors (Lipinski definition) is 2. The van der Waals surface area contributed by atoms with Crippen molar-refractivity contribution in [1.82, 2.24) is 10.3 Å². The van der Waals surface area contributed by atoms with Crippen LogP contribution < -0.4 is 5.32 Å². The van der Waals surface area contributed by atoms with Crippen LogP contribution in [0.1, 0.15) is 41.8 Å². The third-order valence-corrected chi connectivity index (χ3v) is 3.74. The second kappa shape index (κ2) is 7.32. The predicted octanol–water partition coefficient (Wildman–Crippen LogP) is 4.12. The lowest BCUT2D eigenvalue weighted by Gasteiger charge is -2.20. The Balaban J connectivity index is 2.25. The lowest BCUT2D eigenvalue weighted by atomic mass is 9.98. The molecule has 1 unspecified atom stereocenters. The molecule has 0 saturated heterocycles. The van der Waals surface area contributed by atoms with Crippen LogP contribution >= 0.6 is 0 Å². The third kappa shape index (κ3) is 4.11. The van der Waals surface area contributed by atoms with E-state index in [2.05, 4.69) is 30.2 Å². The molecule has 1 aromatic carbocycles. The van der Waals surface area contributed by atoms with Crippen molar-refractivity contribution >= 4 is 0 Å². The third-order valence-electron chi connectivity index (χ3n) is 3.74. The van der Waals surface area contributed by atoms with Gasteiger partial charge in [0.15, 0.2) is 0 Å². The largest absolute Gasteiger partial charge is 0.310 e. The highest BCUT2D eigenvalue weighted by molar-refractivity contribution is 5.29. The topological polar surface area (TPSA) is 24.9 Å². The van der Waals surface area contributed by atoms with Gasteiger partial charge in [0, 0.05) is 24.4 Å². The Morgan fingerprint density at radius 1 is 1.19 bits per heavy atom. The zero-order valence-corrected chi connectivity index (χ0v) is 13.0. The van der Waals surface area contributed by atoms with Crippen LogP contribution in [0.2, 0.25) is 0 Å². The molecule has 0 aliphatic rings. The maximum Gasteiger partial charge on any atom is 0.126 e. The summed E-state index contributed by atoms with van der Waals surface area (Å²) in [6, 6.07) is 9.55. The molecule has 2 rings (SSSR count). The van der Waals surface area contributed by atoms with Gasteiger partial charge < -0.3 is 5.32 Å². The van der Waals surface area contributed by atoms with Gasteiger partial charge in [0.2, 0.25) is 0 Å². The van der Waals surface area contributed by atoms with Crippen molar-refractivity contribution in [1.29, 1.82) is 0 Å². The molecule has 0 amide bonds. The predicted molar refractivity (Wildman–Crippen MR) is 84.8 cm³/mol. The van der Waals surface area contributed by atoms with E-state index >= 15 is 0 Å². The van der Waals surface area contributed by atoms with Crippen molar-refractivity contribution in [3.8, 4) is 0 Å². The summed E-state index contributed by atoms with van der Waals surface area (Å²) in [6.07, 6.45) is 3.71. The van der Waals surface area contributed by atoms with Crippen molar-refractivity contribution in [3.63, 3.8) is 0 Å². The second-order valence-corrected chi connectivity index (χ2v) is 5.49. The number of pyridine rings is 1. The quantitative estimate of drug-likeness (QED) is 0.864. The van der Waals surface area contributed by atoms with Crippen LogP contribution in [0.4, 0.5) is 4.39 Å². The van der Waals surface area contributed by atoms with Crippen LogP contribution in [0, 0.1) is 19.7 Å². The van der Waals surface area contributed by atoms with Crippen LogP contribution in [-0.4, -0.2) is 11.5 Å². The average Bonchev–Trinajstić information content (AvgIpc) is 2.48. The van der Waals surface area contributed by atoms with Crippen molar-refractivity contribution in [3.05, 3.63) is 64.7 Å². The first-order chi connectivity index (χ1) is 10.1. The summed E-state index contributed by atoms with van der Waals surface area (Å²) in [5.41, 5.74) is 4.09. The Morgan fingerprint density at radius 3 is 2.67 bits per heavy atom. The van der Waals surface area contributed by atoms with E-state index in [0.717, 1.165) is 30.6 Å². The molecule has 1 atom stereocenters. The molecular formula is C18H23FN2. The van der Waals surface area contributed by atoms with Gasteiger partial charge in [-0.15, -0.1) is 0 Å². The average molecular weight is 286 g/mol. The van der Waals surface area contributed by atoms with Crippen LogP contribution in [-0.2, 0) is 6.42 Å². The molecule has 0 spiro atoms. The molecular weight excluding hydrogens is 263 g/mol. The van der Waals surface area contributed by atoms with E-state index in [1.54, 1.807) is 6.07 Å². The summed E-state index contributed by atoms with van der Waals surface area (Å²) in [5.74, 6) is -0.151. The number of aromatic nitrogens is 1. The number of rotatable bonds is 6. The molecule has 21 heavy (non-hydrogen) atoms. The summed E-state index contributed by atoms with van der Waals surface area (Å²) in [4.78, 5) is 4.48. The highest BCUT2D eigenvalue weighted by Gasteiger charge is 2.14. The molecule has 1 N–H and O–H groups in total. The molecule has 2 nitrogen and oxygen atoms in total. The van der Waals surface area contributed by atoms with Crippen LogP contribution in [0.3, 0.4) is 0 Å². The fourth-order valence-electron chi connectivity index (χ4n) is 2.44. The van der Waals surface area contributed by atoms with Gasteiger partial charge in [-0.1, -0.05) is 25.1 Å². The summed E-state index contributed by atoms with van der Waals surface area (Å²) < 4.78 is 13.5. The molecule has 112 valence electrons. The number of halogens is 1. The van der Waals surface area contributed by atoms with Gasteiger partial charge in [-0.2, -0.15) is 0 Å². The fraction of sp³-hybridized carbons (Fsp3) is 0.389. The maximum absolute atomic E-state index is 13.5. The minimum Gasteiger partial charge on any atom is -0.310 e. The van der Waals surface area contributed by atoms with Gasteiger partial charge in [-0.3, -0.25) is 4.98 Å². The zero-order valence-electron chi connectivity index (χ0n) is 13.0. The minimum absolute atomic E-state index is 0.151. The first-order valence-corrected chi connectivity index (χ1v) is 7.51. The molecule has 0 bridgehead atoms. The molecule has 2 aromatic rings. The highest BCUT2D eigenvalue weighted by atomic mass is 19.1. The molecule has 0 aliphatic heterocycles. The van der Waals surface area contributed by atoms with Crippen LogP contribution in [0.25, 0.3) is 0 Å². The van der Waals surface area contributed by atoms with E-state index in [9.17, 15) is 4.39 Å². The fourth-order valence-corrected chi connectivity index (χ4v) is 2.44. The number of nitrogens with one attached hydrogen (secondary N) is 1. The van der Waals surface area contributed by atoms with Gasteiger partial charge in [0.05, 0.1) is 0 Å². The summed E-state index contributed by atoms with van der Waals surface area (Å²) in [5, 5.41) is 3.55. The first kappa shape index (κ1) is 15.6. The lowest BCUT2D eigenvalue weighted by Crippen LogP contribution is -2.25. The van der Waals surface area contributed by atoms with Crippen LogP contribution in [0.5, 0.6) is 0 Å². The zero-order chi connectivity index (χ0) is 15.2. The Hall–Kier alpha value is -1.74. The molecule has 3 heteroatoms. The molecule has 1 aromatic heterocycles. The Labute approximate surface area is 126 Å². The Kier molecular flexibility index (Phi) is 5.45. The Morgan fingerprint density at radius 2 is 2.00 bits per heavy atom. The lowest BCUT2D eigenvalue weighted by molar-refractivity contribution is 0.521. The van der Waals surface area contributed by atoms with Gasteiger partial charge in [0.25, 0.3) is 0 Å². The van der Waals surface area contributed by atoms with Gasteiger partial charge in [-0.25, -0.2) is 4.39 Å². The van der Waals surface area contributed by atoms with E-state index in [-0.39, 0.29) is 11.9 Å². The molecule has 0 radical (unpaired) electrons. The Bertz CT molecular complexity index is 596. The second-order valence-electron chi connectivity index (χ2n) is 5.49. The molecule has 0 saturated carbocycles. The highest BCUT2D eigenvalue weighted by Crippen LogP contribution is 2.21. The SMILES string of the molecule is CCCNC(Cc1ncccc1C)c1ccc(F)c(C)c1. The monoisotopic (exact) mass is 286 g/mol. The van der Waals surface area contributed by atoms with Gasteiger partial charge >= 0.3 is 0 Å². The van der Waals surface area contributed by atoms with Crippen molar-refractivity contribution in [2.75, 3.05) is 6.54 Å². The molecule has 1 heterocycles. The summed E-state index contributed by atoms with van der Waals surface area (Å²) >= 11 is 0. The van der Waals surface area contributed by atoms with E-state index in [1.165, 1.54) is 5.56 Å². The van der Waals surface area contributed by atoms with E-state index < -0.39 is 0 Å². The normalized spacial score (nSPS) is 12.4. The van der Waals surface area contributed by atoms with Crippen molar-refractivity contribution < 1.29 is 4.39 Å². The summed E-state index contributed by atoms with van der Waals surface area (Å²) in [7, 11) is 0. The van der Waals surface area contributed by atoms with E-state index in [0.29, 0.717) is 5.56 Å². The minimum atomic E-state index is -0.151. The number of benzene rings is 1. The number of aryl methyl sites for hydroxylation is 2. The number of hydrogen-bond donors (Lipinski definition) is 1.